The quantitative estimate of drug-likeness (QED) is 0.237. The molecule has 0 aromatic heterocycles. The highest BCUT2D eigenvalue weighted by Crippen LogP contribution is 1.70. The molecule has 0 unspecified atom stereocenters. The number of carbonyl (C=O) groups is 8. The molecule has 9 N–H and O–H groups in total. The van der Waals surface area contributed by atoms with Gasteiger partial charge in [0.25, 0.3) is 41.8 Å². The number of aliphatic carboxylic acids is 8. The molecule has 0 saturated carbocycles. The van der Waals surface area contributed by atoms with Crippen LogP contribution in [-0.2, 0) is 38.4 Å². The zero-order chi connectivity index (χ0) is 30.0. The van der Waals surface area contributed by atoms with Gasteiger partial charge in [-0.1, -0.05) is 0 Å². The maximum absolute atomic E-state index is 9.44. The number of aliphatic hydroxyl groups is 1. The summed E-state index contributed by atoms with van der Waals surface area (Å²) in [7, 11) is 0. The van der Waals surface area contributed by atoms with Crippen molar-refractivity contribution in [2.45, 2.75) is 54.9 Å². The molecule has 0 saturated heterocycles. The predicted molar refractivity (Wildman–Crippen MR) is 113 cm³/mol. The molecule has 0 radical (unpaired) electrons. The lowest BCUT2D eigenvalue weighted by molar-refractivity contribution is -0.138. The minimum Gasteiger partial charge on any atom is -0.481 e. The van der Waals surface area contributed by atoms with Gasteiger partial charge in [0.05, 0.1) is 13.0 Å². The van der Waals surface area contributed by atoms with Crippen LogP contribution in [0.5, 0.6) is 0 Å². The first-order chi connectivity index (χ1) is 14.9. The molecule has 0 rings (SSSR count). The summed E-state index contributed by atoms with van der Waals surface area (Å²) in [4.78, 5) is 72.4. The predicted octanol–water partition coefficient (Wildman–Crippen LogP) is 0.0897. The number of hydrogen-bond acceptors (Lipinski definition) is 9. The molecule has 0 aliphatic heterocycles. The van der Waals surface area contributed by atoms with Crippen LogP contribution in [0, 0.1) is 0 Å². The normalized spacial score (nSPS) is 6.59. The van der Waals surface area contributed by atoms with Gasteiger partial charge in [0.15, 0.2) is 0 Å². The minimum atomic E-state index is -0.961. The lowest BCUT2D eigenvalue weighted by atomic mass is 10.5. The molecule has 17 nitrogen and oxygen atoms in total. The summed E-state index contributed by atoms with van der Waals surface area (Å²) in [6.45, 7) is 7.31. The molecule has 0 fully saturated rings. The van der Waals surface area contributed by atoms with Gasteiger partial charge >= 0.3 is 5.97 Å². The van der Waals surface area contributed by atoms with E-state index in [9.17, 15) is 4.79 Å². The summed E-state index contributed by atoms with van der Waals surface area (Å²) >= 11 is 0. The summed E-state index contributed by atoms with van der Waals surface area (Å²) in [5.41, 5.74) is 0. The zero-order valence-corrected chi connectivity index (χ0v) is 19.7. The second-order valence-corrected chi connectivity index (χ2v) is 4.50. The molecular weight excluding hydrogens is 476 g/mol. The van der Waals surface area contributed by atoms with E-state index >= 15 is 0 Å². The molecule has 0 amide bonds. The first kappa shape index (κ1) is 52.0. The highest BCUT2D eigenvalue weighted by molar-refractivity contribution is 5.66. The van der Waals surface area contributed by atoms with E-state index in [1.165, 1.54) is 0 Å². The Labute approximate surface area is 194 Å². The van der Waals surface area contributed by atoms with Crippen molar-refractivity contribution >= 4 is 47.8 Å². The third kappa shape index (κ3) is 12100. The van der Waals surface area contributed by atoms with E-state index in [4.69, 9.17) is 79.5 Å². The van der Waals surface area contributed by atoms with Crippen LogP contribution in [0.4, 0.5) is 0 Å². The van der Waals surface area contributed by atoms with Gasteiger partial charge in [-0.05, 0) is 0 Å². The summed E-state index contributed by atoms with van der Waals surface area (Å²) < 4.78 is 0. The van der Waals surface area contributed by atoms with E-state index in [-0.39, 0.29) is 13.0 Å². The second kappa shape index (κ2) is 46.8. The monoisotopic (exact) mass is 510 g/mol. The fourth-order valence-electron chi connectivity index (χ4n) is 0.0956. The number of hydrogen-bond donors (Lipinski definition) is 9. The average molecular weight is 510 g/mol. The Morgan fingerprint density at radius 1 is 0.382 bits per heavy atom. The molecule has 0 aromatic carbocycles. The van der Waals surface area contributed by atoms with Crippen molar-refractivity contribution in [3.8, 4) is 0 Å². The topological polar surface area (TPSA) is 319 Å². The molecule has 0 aromatic rings. The molecule has 204 valence electrons. The third-order valence-electron chi connectivity index (χ3n) is 0.326. The molecular formula is C17H34O17. The molecule has 0 aliphatic carbocycles. The van der Waals surface area contributed by atoms with Crippen LogP contribution in [0.1, 0.15) is 54.9 Å². The Morgan fingerprint density at radius 2 is 0.471 bits per heavy atom. The second-order valence-electron chi connectivity index (χ2n) is 4.50. The van der Waals surface area contributed by atoms with Gasteiger partial charge in [0.2, 0.25) is 0 Å². The average Bonchev–Trinajstić information content (AvgIpc) is 2.41. The largest absolute Gasteiger partial charge is 0.481 e. The van der Waals surface area contributed by atoms with Gasteiger partial charge in [-0.15, -0.1) is 0 Å². The van der Waals surface area contributed by atoms with Crippen LogP contribution in [-0.4, -0.2) is 100 Å². The fraction of sp³-hybridized carbons (Fsp3) is 0.529. The Morgan fingerprint density at radius 3 is 0.471 bits per heavy atom. The van der Waals surface area contributed by atoms with E-state index in [0.29, 0.717) is 0 Å². The molecule has 0 bridgehead atoms. The molecule has 0 spiro atoms. The summed E-state index contributed by atoms with van der Waals surface area (Å²) in [6, 6.07) is 0. The lowest BCUT2D eigenvalue weighted by Crippen LogP contribution is -1.96. The Balaban J connectivity index is -0.0000000381. The molecule has 0 atom stereocenters. The Kier molecular flexibility index (Phi) is 71.5. The molecule has 0 aliphatic rings. The van der Waals surface area contributed by atoms with Crippen molar-refractivity contribution in [2.75, 3.05) is 6.61 Å². The Bertz CT molecular complexity index is 420. The van der Waals surface area contributed by atoms with Gasteiger partial charge < -0.3 is 46.0 Å². The van der Waals surface area contributed by atoms with E-state index in [2.05, 4.69) is 0 Å². The smallest absolute Gasteiger partial charge is 0.305 e. The van der Waals surface area contributed by atoms with Crippen molar-refractivity contribution in [3.05, 3.63) is 0 Å². The molecule has 17 heteroatoms. The fourth-order valence-corrected chi connectivity index (χ4v) is 0.0956. The van der Waals surface area contributed by atoms with Crippen LogP contribution < -0.4 is 0 Å². The summed E-state index contributed by atoms with van der Waals surface area (Å²) in [5, 5.41) is 67.5. The van der Waals surface area contributed by atoms with Gasteiger partial charge in [0, 0.05) is 48.5 Å². The lowest BCUT2D eigenvalue weighted by Gasteiger charge is -1.79. The minimum absolute atomic E-state index is 0.153. The first-order valence-corrected chi connectivity index (χ1v) is 8.09. The van der Waals surface area contributed by atoms with Crippen molar-refractivity contribution in [3.63, 3.8) is 0 Å². The van der Waals surface area contributed by atoms with E-state index in [1.54, 1.807) is 0 Å². The summed E-state index contributed by atoms with van der Waals surface area (Å²) in [5.74, 6) is -6.79. The third-order valence-corrected chi connectivity index (χ3v) is 0.326. The van der Waals surface area contributed by atoms with Crippen molar-refractivity contribution in [1.29, 1.82) is 0 Å². The molecule has 0 heterocycles. The van der Waals surface area contributed by atoms with Gasteiger partial charge in [0.1, 0.15) is 0 Å². The SMILES string of the molecule is CC(=O)O.CC(=O)O.CC(=O)O.CC(=O)O.CC(=O)O.CC(=O)O.CC(=O)O.O=C(O)CCO. The van der Waals surface area contributed by atoms with Crippen molar-refractivity contribution in [1.82, 2.24) is 0 Å². The van der Waals surface area contributed by atoms with Crippen LogP contribution in [0.25, 0.3) is 0 Å². The van der Waals surface area contributed by atoms with Gasteiger partial charge in [-0.25, -0.2) is 0 Å². The highest BCUT2D eigenvalue weighted by atomic mass is 16.4. The van der Waals surface area contributed by atoms with Crippen molar-refractivity contribution < 1.29 is 84.3 Å². The van der Waals surface area contributed by atoms with Crippen LogP contribution >= 0.6 is 0 Å². The Hall–Kier alpha value is -4.28. The van der Waals surface area contributed by atoms with Crippen LogP contribution in [0.3, 0.4) is 0 Å². The zero-order valence-electron chi connectivity index (χ0n) is 19.7. The maximum Gasteiger partial charge on any atom is 0.305 e. The van der Waals surface area contributed by atoms with E-state index < -0.39 is 47.8 Å². The highest BCUT2D eigenvalue weighted by Gasteiger charge is 1.88. The first-order valence-electron chi connectivity index (χ1n) is 8.09. The van der Waals surface area contributed by atoms with E-state index in [1.807, 2.05) is 0 Å². The number of rotatable bonds is 2. The number of carboxylic acid groups (broad SMARTS) is 8. The summed E-state index contributed by atoms with van der Waals surface area (Å²) in [6.07, 6.45) is -0.153. The van der Waals surface area contributed by atoms with Crippen molar-refractivity contribution in [2.24, 2.45) is 0 Å². The van der Waals surface area contributed by atoms with Crippen LogP contribution in [0.2, 0.25) is 0 Å². The van der Waals surface area contributed by atoms with E-state index in [0.717, 1.165) is 48.5 Å². The number of aliphatic hydroxyl groups excluding tert-OH is 1. The van der Waals surface area contributed by atoms with Gasteiger partial charge in [-0.2, -0.15) is 0 Å². The molecule has 34 heavy (non-hydrogen) atoms. The number of carboxylic acids is 8. The standard InChI is InChI=1S/C3H6O3.7C2H4O2/c4-2-1-3(5)6;7*1-2(3)4/h4H,1-2H2,(H,5,6);7*1H3,(H,3,4). The maximum atomic E-state index is 9.44. The van der Waals surface area contributed by atoms with Crippen LogP contribution in [0.15, 0.2) is 0 Å². The van der Waals surface area contributed by atoms with Gasteiger partial charge in [-0.3, -0.25) is 38.4 Å².